The first-order valence-corrected chi connectivity index (χ1v) is 8.07. The fourth-order valence-corrected chi connectivity index (χ4v) is 3.75. The molecule has 0 radical (unpaired) electrons. The molecule has 3 heteroatoms. The van der Waals surface area contributed by atoms with Gasteiger partial charge in [-0.05, 0) is 57.5 Å². The molecule has 0 unspecified atom stereocenters. The van der Waals surface area contributed by atoms with Crippen LogP contribution < -0.4 is 0 Å². The summed E-state index contributed by atoms with van der Waals surface area (Å²) in [5, 5.41) is 0. The highest BCUT2D eigenvalue weighted by Gasteiger charge is 2.33. The molecule has 112 valence electrons. The number of rotatable bonds is 4. The minimum absolute atomic E-state index is 0.284. The number of hydrogen-bond donors (Lipinski definition) is 0. The summed E-state index contributed by atoms with van der Waals surface area (Å²) in [7, 11) is 0. The van der Waals surface area contributed by atoms with Gasteiger partial charge in [0.2, 0.25) is 0 Å². The molecule has 0 aromatic carbocycles. The monoisotopic (exact) mass is 270 g/mol. The fraction of sp³-hybridized carbons (Fsp3) is 1.00. The summed E-state index contributed by atoms with van der Waals surface area (Å²) in [5.74, 6) is 1.53. The maximum Gasteiger partial charge on any atom is 0.116 e. The summed E-state index contributed by atoms with van der Waals surface area (Å²) in [6.45, 7) is 14.2. The standard InChI is InChI=1S/C16H31FN2/c1-12(2)15-6-7-18(11-16(15)17)9-14-5-8-19(10-14)13(3)4/h12-16H,5-11H2,1-4H3/t14-,15-,16+/m0/s1. The van der Waals surface area contributed by atoms with Gasteiger partial charge in [-0.25, -0.2) is 4.39 Å². The number of halogens is 1. The quantitative estimate of drug-likeness (QED) is 0.775. The van der Waals surface area contributed by atoms with Gasteiger partial charge in [0.05, 0.1) is 0 Å². The van der Waals surface area contributed by atoms with Crippen molar-refractivity contribution in [2.75, 3.05) is 32.7 Å². The number of alkyl halides is 1. The van der Waals surface area contributed by atoms with E-state index in [1.807, 2.05) is 0 Å². The van der Waals surface area contributed by atoms with E-state index in [0.29, 0.717) is 18.5 Å². The summed E-state index contributed by atoms with van der Waals surface area (Å²) in [5.41, 5.74) is 0. The summed E-state index contributed by atoms with van der Waals surface area (Å²) >= 11 is 0. The van der Waals surface area contributed by atoms with Gasteiger partial charge >= 0.3 is 0 Å². The molecular formula is C16H31FN2. The van der Waals surface area contributed by atoms with Gasteiger partial charge in [0.25, 0.3) is 0 Å². The maximum atomic E-state index is 14.2. The van der Waals surface area contributed by atoms with Crippen molar-refractivity contribution in [2.24, 2.45) is 17.8 Å². The van der Waals surface area contributed by atoms with Crippen molar-refractivity contribution in [2.45, 2.75) is 52.8 Å². The zero-order valence-electron chi connectivity index (χ0n) is 13.1. The minimum atomic E-state index is -0.614. The van der Waals surface area contributed by atoms with Gasteiger partial charge in [0.1, 0.15) is 6.17 Å². The second-order valence-electron chi connectivity index (χ2n) is 7.22. The van der Waals surface area contributed by atoms with Gasteiger partial charge < -0.3 is 9.80 Å². The van der Waals surface area contributed by atoms with E-state index in [1.165, 1.54) is 19.5 Å². The molecule has 2 aliphatic rings. The van der Waals surface area contributed by atoms with Crippen molar-refractivity contribution in [1.82, 2.24) is 9.80 Å². The average Bonchev–Trinajstić information content (AvgIpc) is 2.77. The second kappa shape index (κ2) is 6.53. The topological polar surface area (TPSA) is 6.48 Å². The highest BCUT2D eigenvalue weighted by molar-refractivity contribution is 4.85. The van der Waals surface area contributed by atoms with Crippen molar-refractivity contribution < 1.29 is 4.39 Å². The summed E-state index contributed by atoms with van der Waals surface area (Å²) < 4.78 is 14.2. The number of piperidine rings is 1. The lowest BCUT2D eigenvalue weighted by Crippen LogP contribution is -2.45. The second-order valence-corrected chi connectivity index (χ2v) is 7.22. The number of nitrogens with zero attached hydrogens (tertiary/aromatic N) is 2. The summed E-state index contributed by atoms with van der Waals surface area (Å²) in [6.07, 6.45) is 1.72. The first kappa shape index (κ1) is 15.2. The molecule has 2 saturated heterocycles. The Bertz CT molecular complexity index is 280. The third-order valence-electron chi connectivity index (χ3n) is 5.10. The molecule has 19 heavy (non-hydrogen) atoms. The molecule has 0 spiro atoms. The van der Waals surface area contributed by atoms with Crippen LogP contribution in [-0.4, -0.2) is 54.7 Å². The Morgan fingerprint density at radius 3 is 2.32 bits per heavy atom. The van der Waals surface area contributed by atoms with Crippen molar-refractivity contribution in [3.63, 3.8) is 0 Å². The zero-order chi connectivity index (χ0) is 14.0. The summed E-state index contributed by atoms with van der Waals surface area (Å²) in [6, 6.07) is 0.658. The van der Waals surface area contributed by atoms with Crippen LogP contribution in [0.15, 0.2) is 0 Å². The minimum Gasteiger partial charge on any atom is -0.301 e. The average molecular weight is 270 g/mol. The molecule has 0 aromatic heterocycles. The number of likely N-dealkylation sites (tertiary alicyclic amines) is 2. The highest BCUT2D eigenvalue weighted by atomic mass is 19.1. The number of hydrogen-bond acceptors (Lipinski definition) is 2. The van der Waals surface area contributed by atoms with Crippen LogP contribution in [0.3, 0.4) is 0 Å². The Labute approximate surface area is 118 Å². The van der Waals surface area contributed by atoms with Crippen LogP contribution >= 0.6 is 0 Å². The Morgan fingerprint density at radius 1 is 1.05 bits per heavy atom. The van der Waals surface area contributed by atoms with Crippen molar-refractivity contribution in [1.29, 1.82) is 0 Å². The lowest BCUT2D eigenvalue weighted by atomic mass is 9.85. The van der Waals surface area contributed by atoms with Gasteiger partial charge in [-0.1, -0.05) is 13.8 Å². The molecule has 2 fully saturated rings. The van der Waals surface area contributed by atoms with Crippen LogP contribution in [0.4, 0.5) is 4.39 Å². The van der Waals surface area contributed by atoms with E-state index in [-0.39, 0.29) is 5.92 Å². The van der Waals surface area contributed by atoms with E-state index < -0.39 is 6.17 Å². The van der Waals surface area contributed by atoms with E-state index in [4.69, 9.17) is 0 Å². The Hall–Kier alpha value is -0.150. The lowest BCUT2D eigenvalue weighted by Gasteiger charge is -2.37. The van der Waals surface area contributed by atoms with Crippen LogP contribution in [0.1, 0.15) is 40.5 Å². The van der Waals surface area contributed by atoms with Crippen molar-refractivity contribution in [3.8, 4) is 0 Å². The Balaban J connectivity index is 1.76. The third kappa shape index (κ3) is 3.91. The van der Waals surface area contributed by atoms with Gasteiger partial charge in [0, 0.05) is 25.7 Å². The summed E-state index contributed by atoms with van der Waals surface area (Å²) in [4.78, 5) is 4.93. The Morgan fingerprint density at radius 2 is 1.79 bits per heavy atom. The molecule has 3 atom stereocenters. The molecule has 0 bridgehead atoms. The van der Waals surface area contributed by atoms with Crippen LogP contribution in [0.25, 0.3) is 0 Å². The lowest BCUT2D eigenvalue weighted by molar-refractivity contribution is 0.0530. The molecule has 2 heterocycles. The van der Waals surface area contributed by atoms with Crippen LogP contribution in [0, 0.1) is 17.8 Å². The SMILES string of the molecule is CC(C)[C@@H]1CCN(C[C@@H]2CCN(C(C)C)C2)C[C@H]1F. The van der Waals surface area contributed by atoms with E-state index >= 15 is 0 Å². The molecular weight excluding hydrogens is 239 g/mol. The van der Waals surface area contributed by atoms with Crippen molar-refractivity contribution >= 4 is 0 Å². The molecule has 0 N–H and O–H groups in total. The maximum absolute atomic E-state index is 14.2. The first-order valence-electron chi connectivity index (χ1n) is 8.07. The molecule has 2 nitrogen and oxygen atoms in total. The normalized spacial score (nSPS) is 34.6. The van der Waals surface area contributed by atoms with Gasteiger partial charge in [-0.15, -0.1) is 0 Å². The van der Waals surface area contributed by atoms with Crippen LogP contribution in [-0.2, 0) is 0 Å². The van der Waals surface area contributed by atoms with Crippen LogP contribution in [0.2, 0.25) is 0 Å². The largest absolute Gasteiger partial charge is 0.301 e. The van der Waals surface area contributed by atoms with Gasteiger partial charge in [-0.3, -0.25) is 0 Å². The smallest absolute Gasteiger partial charge is 0.116 e. The predicted octanol–water partition coefficient (Wildman–Crippen LogP) is 3.03. The first-order chi connectivity index (χ1) is 8.97. The third-order valence-corrected chi connectivity index (χ3v) is 5.10. The molecule has 2 aliphatic heterocycles. The van der Waals surface area contributed by atoms with E-state index in [2.05, 4.69) is 37.5 Å². The van der Waals surface area contributed by atoms with E-state index in [1.54, 1.807) is 0 Å². The zero-order valence-corrected chi connectivity index (χ0v) is 13.1. The van der Waals surface area contributed by atoms with Gasteiger partial charge in [0.15, 0.2) is 0 Å². The predicted molar refractivity (Wildman–Crippen MR) is 79.1 cm³/mol. The fourth-order valence-electron chi connectivity index (χ4n) is 3.75. The highest BCUT2D eigenvalue weighted by Crippen LogP contribution is 2.28. The van der Waals surface area contributed by atoms with Gasteiger partial charge in [-0.2, -0.15) is 0 Å². The molecule has 2 rings (SSSR count). The molecule has 0 aliphatic carbocycles. The molecule has 0 saturated carbocycles. The van der Waals surface area contributed by atoms with Crippen molar-refractivity contribution in [3.05, 3.63) is 0 Å². The molecule has 0 aromatic rings. The Kier molecular flexibility index (Phi) is 5.24. The molecule has 0 amide bonds. The van der Waals surface area contributed by atoms with E-state index in [9.17, 15) is 4.39 Å². The van der Waals surface area contributed by atoms with E-state index in [0.717, 1.165) is 25.4 Å². The van der Waals surface area contributed by atoms with Crippen LogP contribution in [0.5, 0.6) is 0 Å².